The van der Waals surface area contributed by atoms with Gasteiger partial charge in [0.1, 0.15) is 18.1 Å². The van der Waals surface area contributed by atoms with Gasteiger partial charge < -0.3 is 14.9 Å². The fourth-order valence-electron chi connectivity index (χ4n) is 1.42. The van der Waals surface area contributed by atoms with Crippen LogP contribution >= 0.6 is 27.5 Å². The second kappa shape index (κ2) is 5.58. The number of rotatable bonds is 4. The molecule has 17 heavy (non-hydrogen) atoms. The van der Waals surface area contributed by atoms with Gasteiger partial charge in [-0.2, -0.15) is 0 Å². The monoisotopic (exact) mass is 315 g/mol. The summed E-state index contributed by atoms with van der Waals surface area (Å²) in [5, 5.41) is 0.575. The second-order valence-electron chi connectivity index (χ2n) is 3.44. The van der Waals surface area contributed by atoms with E-state index >= 15 is 0 Å². The van der Waals surface area contributed by atoms with Crippen molar-refractivity contribution in [3.63, 3.8) is 0 Å². The molecule has 0 bridgehead atoms. The molecule has 2 rings (SSSR count). The van der Waals surface area contributed by atoms with Gasteiger partial charge in [-0.1, -0.05) is 27.5 Å². The smallest absolute Gasteiger partial charge is 0.139 e. The van der Waals surface area contributed by atoms with Gasteiger partial charge in [-0.25, -0.2) is 0 Å². The Labute approximate surface area is 113 Å². The zero-order valence-electron chi connectivity index (χ0n) is 8.95. The second-order valence-corrected chi connectivity index (χ2v) is 4.76. The lowest BCUT2D eigenvalue weighted by molar-refractivity contribution is 0.302. The molecule has 1 aromatic carbocycles. The van der Waals surface area contributed by atoms with E-state index in [2.05, 4.69) is 15.9 Å². The third-order valence-electron chi connectivity index (χ3n) is 2.30. The van der Waals surface area contributed by atoms with Crippen molar-refractivity contribution in [2.45, 2.75) is 13.2 Å². The molecule has 90 valence electrons. The molecule has 0 aliphatic heterocycles. The summed E-state index contributed by atoms with van der Waals surface area (Å²) in [5.74, 6) is 1.36. The summed E-state index contributed by atoms with van der Waals surface area (Å²) in [4.78, 5) is 0. The number of nitrogens with two attached hydrogens (primary N) is 1. The lowest BCUT2D eigenvalue weighted by Crippen LogP contribution is -2.02. The number of hydrogen-bond acceptors (Lipinski definition) is 3. The van der Waals surface area contributed by atoms with E-state index < -0.39 is 0 Å². The predicted molar refractivity (Wildman–Crippen MR) is 70.1 cm³/mol. The SMILES string of the molecule is NCc1occc1COc1cc(Br)ccc1Cl. The zero-order valence-corrected chi connectivity index (χ0v) is 11.3. The van der Waals surface area contributed by atoms with Crippen molar-refractivity contribution < 1.29 is 9.15 Å². The number of benzene rings is 1. The Bertz CT molecular complexity index is 513. The van der Waals surface area contributed by atoms with Crippen LogP contribution in [0.1, 0.15) is 11.3 Å². The average molecular weight is 317 g/mol. The summed E-state index contributed by atoms with van der Waals surface area (Å²) in [6.07, 6.45) is 1.60. The van der Waals surface area contributed by atoms with Crippen LogP contribution in [0.25, 0.3) is 0 Å². The Kier molecular flexibility index (Phi) is 4.10. The van der Waals surface area contributed by atoms with Crippen LogP contribution in [0, 0.1) is 0 Å². The minimum Gasteiger partial charge on any atom is -0.487 e. The summed E-state index contributed by atoms with van der Waals surface area (Å²) in [6.45, 7) is 0.747. The first-order valence-electron chi connectivity index (χ1n) is 5.04. The van der Waals surface area contributed by atoms with Gasteiger partial charge in [-0.05, 0) is 24.3 Å². The highest BCUT2D eigenvalue weighted by atomic mass is 79.9. The van der Waals surface area contributed by atoms with Crippen LogP contribution in [-0.2, 0) is 13.2 Å². The first kappa shape index (κ1) is 12.5. The topological polar surface area (TPSA) is 48.4 Å². The number of halogens is 2. The van der Waals surface area contributed by atoms with Gasteiger partial charge in [0.15, 0.2) is 0 Å². The van der Waals surface area contributed by atoms with Gasteiger partial charge in [0, 0.05) is 10.0 Å². The molecule has 0 radical (unpaired) electrons. The van der Waals surface area contributed by atoms with Crippen LogP contribution in [0.4, 0.5) is 0 Å². The molecule has 0 unspecified atom stereocenters. The van der Waals surface area contributed by atoms with Crippen molar-refractivity contribution in [1.29, 1.82) is 0 Å². The van der Waals surface area contributed by atoms with E-state index in [4.69, 9.17) is 26.5 Å². The molecule has 0 aliphatic rings. The van der Waals surface area contributed by atoms with Crippen LogP contribution in [0.3, 0.4) is 0 Å². The highest BCUT2D eigenvalue weighted by Crippen LogP contribution is 2.28. The number of ether oxygens (including phenoxy) is 1. The molecule has 3 nitrogen and oxygen atoms in total. The highest BCUT2D eigenvalue weighted by molar-refractivity contribution is 9.10. The van der Waals surface area contributed by atoms with E-state index in [9.17, 15) is 0 Å². The van der Waals surface area contributed by atoms with Crippen LogP contribution in [0.5, 0.6) is 5.75 Å². The molecular weight excluding hydrogens is 305 g/mol. The highest BCUT2D eigenvalue weighted by Gasteiger charge is 2.07. The maximum atomic E-state index is 6.02. The molecule has 1 aromatic heterocycles. The van der Waals surface area contributed by atoms with Crippen molar-refractivity contribution in [3.05, 3.63) is 51.3 Å². The fraction of sp³-hybridized carbons (Fsp3) is 0.167. The van der Waals surface area contributed by atoms with Crippen molar-refractivity contribution >= 4 is 27.5 Å². The van der Waals surface area contributed by atoms with Gasteiger partial charge in [0.2, 0.25) is 0 Å². The van der Waals surface area contributed by atoms with E-state index in [1.54, 1.807) is 12.3 Å². The van der Waals surface area contributed by atoms with E-state index in [0.717, 1.165) is 15.8 Å². The number of hydrogen-bond donors (Lipinski definition) is 1. The minimum atomic E-state index is 0.359. The molecule has 2 aromatic rings. The molecule has 0 fully saturated rings. The molecule has 5 heteroatoms. The molecule has 1 heterocycles. The maximum Gasteiger partial charge on any atom is 0.139 e. The molecule has 0 atom stereocenters. The molecule has 0 saturated carbocycles. The third-order valence-corrected chi connectivity index (χ3v) is 3.11. The van der Waals surface area contributed by atoms with E-state index in [-0.39, 0.29) is 0 Å². The van der Waals surface area contributed by atoms with Gasteiger partial charge in [-0.15, -0.1) is 0 Å². The van der Waals surface area contributed by atoms with Crippen LogP contribution < -0.4 is 10.5 Å². The van der Waals surface area contributed by atoms with Crippen LogP contribution in [-0.4, -0.2) is 0 Å². The average Bonchev–Trinajstić information content (AvgIpc) is 2.77. The Hall–Kier alpha value is -0.970. The van der Waals surface area contributed by atoms with Gasteiger partial charge in [0.05, 0.1) is 17.8 Å². The Morgan fingerprint density at radius 3 is 2.94 bits per heavy atom. The number of furan rings is 1. The van der Waals surface area contributed by atoms with E-state index in [0.29, 0.717) is 23.9 Å². The van der Waals surface area contributed by atoms with Crippen LogP contribution in [0.15, 0.2) is 39.4 Å². The normalized spacial score (nSPS) is 10.5. The van der Waals surface area contributed by atoms with Crippen molar-refractivity contribution in [2.75, 3.05) is 0 Å². The van der Waals surface area contributed by atoms with E-state index in [1.807, 2.05) is 18.2 Å². The Balaban J connectivity index is 2.09. The lowest BCUT2D eigenvalue weighted by Gasteiger charge is -2.08. The fourth-order valence-corrected chi connectivity index (χ4v) is 1.93. The molecule has 0 saturated heterocycles. The quantitative estimate of drug-likeness (QED) is 0.935. The van der Waals surface area contributed by atoms with Crippen molar-refractivity contribution in [3.8, 4) is 5.75 Å². The summed E-state index contributed by atoms with van der Waals surface area (Å²) in [7, 11) is 0. The molecule has 0 aliphatic carbocycles. The van der Waals surface area contributed by atoms with Crippen LogP contribution in [0.2, 0.25) is 5.02 Å². The summed E-state index contributed by atoms with van der Waals surface area (Å²) in [5.41, 5.74) is 6.47. The van der Waals surface area contributed by atoms with Gasteiger partial charge >= 0.3 is 0 Å². The first-order chi connectivity index (χ1) is 8.20. The summed E-state index contributed by atoms with van der Waals surface area (Å²) in [6, 6.07) is 7.30. The standard InChI is InChI=1S/C12H11BrClNO2/c13-9-1-2-10(14)11(5-9)17-7-8-3-4-16-12(8)6-15/h1-5H,6-7,15H2. The van der Waals surface area contributed by atoms with Crippen molar-refractivity contribution in [1.82, 2.24) is 0 Å². The lowest BCUT2D eigenvalue weighted by atomic mass is 10.2. The van der Waals surface area contributed by atoms with Gasteiger partial charge in [0.25, 0.3) is 0 Å². The minimum absolute atomic E-state index is 0.359. The maximum absolute atomic E-state index is 6.02. The van der Waals surface area contributed by atoms with Gasteiger partial charge in [-0.3, -0.25) is 0 Å². The molecular formula is C12H11BrClNO2. The Morgan fingerprint density at radius 2 is 2.18 bits per heavy atom. The van der Waals surface area contributed by atoms with Crippen molar-refractivity contribution in [2.24, 2.45) is 5.73 Å². The summed E-state index contributed by atoms with van der Waals surface area (Å²) >= 11 is 9.38. The molecule has 2 N–H and O–H groups in total. The first-order valence-corrected chi connectivity index (χ1v) is 6.21. The zero-order chi connectivity index (χ0) is 12.3. The van der Waals surface area contributed by atoms with E-state index in [1.165, 1.54) is 0 Å². The molecule has 0 spiro atoms. The summed E-state index contributed by atoms with van der Waals surface area (Å²) < 4.78 is 11.8. The Morgan fingerprint density at radius 1 is 1.35 bits per heavy atom. The largest absolute Gasteiger partial charge is 0.487 e. The predicted octanol–water partition coefficient (Wildman–Crippen LogP) is 3.73. The molecule has 0 amide bonds. The third kappa shape index (κ3) is 3.03.